The van der Waals surface area contributed by atoms with Gasteiger partial charge in [-0.05, 0) is 18.9 Å². The number of amides is 1. The molecule has 0 spiro atoms. The molecular weight excluding hydrogens is 314 g/mol. The van der Waals surface area contributed by atoms with Crippen LogP contribution in [-0.4, -0.2) is 34.0 Å². The summed E-state index contributed by atoms with van der Waals surface area (Å²) in [5.41, 5.74) is -0.160. The Morgan fingerprint density at radius 3 is 2.54 bits per heavy atom. The first-order chi connectivity index (χ1) is 11.5. The quantitative estimate of drug-likeness (QED) is 0.519. The van der Waals surface area contributed by atoms with Crippen LogP contribution in [0.15, 0.2) is 24.3 Å². The monoisotopic (exact) mass is 335 g/mol. The van der Waals surface area contributed by atoms with Crippen molar-refractivity contribution in [3.63, 3.8) is 0 Å². The van der Waals surface area contributed by atoms with E-state index in [-0.39, 0.29) is 23.8 Å². The molecule has 3 N–H and O–H groups in total. The van der Waals surface area contributed by atoms with E-state index in [1.807, 2.05) is 0 Å². The Balaban J connectivity index is 1.98. The van der Waals surface area contributed by atoms with Gasteiger partial charge in [0.15, 0.2) is 0 Å². The van der Waals surface area contributed by atoms with Crippen molar-refractivity contribution < 1.29 is 19.6 Å². The van der Waals surface area contributed by atoms with Crippen molar-refractivity contribution in [3.05, 3.63) is 34.4 Å². The Hall–Kier alpha value is -2.48. The fourth-order valence-corrected chi connectivity index (χ4v) is 2.90. The molecule has 0 radical (unpaired) electrons. The van der Waals surface area contributed by atoms with Crippen LogP contribution in [0.5, 0.6) is 0 Å². The summed E-state index contributed by atoms with van der Waals surface area (Å²) in [4.78, 5) is 33.8. The van der Waals surface area contributed by atoms with E-state index >= 15 is 0 Å². The molecule has 0 bridgehead atoms. The van der Waals surface area contributed by atoms with Gasteiger partial charge in [-0.1, -0.05) is 31.4 Å². The number of carbonyl (C=O) groups is 2. The van der Waals surface area contributed by atoms with E-state index in [1.54, 1.807) is 6.07 Å². The summed E-state index contributed by atoms with van der Waals surface area (Å²) in [6.45, 7) is 0. The predicted octanol–water partition coefficient (Wildman–Crippen LogP) is 2.30. The normalized spacial score (nSPS) is 16.3. The minimum Gasteiger partial charge on any atom is -0.480 e. The molecule has 1 unspecified atom stereocenters. The second-order valence-corrected chi connectivity index (χ2v) is 5.92. The smallest absolute Gasteiger partial charge is 0.321 e. The number of benzene rings is 1. The Morgan fingerprint density at radius 2 is 1.92 bits per heavy atom. The van der Waals surface area contributed by atoms with E-state index in [4.69, 9.17) is 0 Å². The van der Waals surface area contributed by atoms with Gasteiger partial charge in [0.25, 0.3) is 5.69 Å². The third kappa shape index (κ3) is 5.02. The zero-order valence-electron chi connectivity index (χ0n) is 13.2. The van der Waals surface area contributed by atoms with Gasteiger partial charge in [-0.25, -0.2) is 0 Å². The van der Waals surface area contributed by atoms with Gasteiger partial charge in [0, 0.05) is 12.1 Å². The third-order valence-corrected chi connectivity index (χ3v) is 4.10. The number of nitrogens with zero attached hydrogens (tertiary/aromatic N) is 1. The van der Waals surface area contributed by atoms with Crippen molar-refractivity contribution in [2.24, 2.45) is 0 Å². The molecule has 1 aliphatic carbocycles. The highest BCUT2D eigenvalue weighted by molar-refractivity contribution is 5.95. The number of nitro benzene ring substituents is 1. The number of hydrogen-bond acceptors (Lipinski definition) is 5. The predicted molar refractivity (Wildman–Crippen MR) is 87.8 cm³/mol. The van der Waals surface area contributed by atoms with Crippen LogP contribution in [0.2, 0.25) is 0 Å². The Morgan fingerprint density at radius 1 is 1.25 bits per heavy atom. The summed E-state index contributed by atoms with van der Waals surface area (Å²) in [7, 11) is 0. The van der Waals surface area contributed by atoms with Crippen molar-refractivity contribution in [2.45, 2.75) is 50.6 Å². The maximum atomic E-state index is 12.1. The van der Waals surface area contributed by atoms with Gasteiger partial charge < -0.3 is 15.7 Å². The molecule has 130 valence electrons. The Kier molecular flexibility index (Phi) is 6.25. The van der Waals surface area contributed by atoms with Crippen LogP contribution >= 0.6 is 0 Å². The number of nitrogens with one attached hydrogen (secondary N) is 2. The van der Waals surface area contributed by atoms with Crippen molar-refractivity contribution in [2.75, 3.05) is 5.32 Å². The first kappa shape index (κ1) is 17.9. The highest BCUT2D eigenvalue weighted by atomic mass is 16.6. The topological polar surface area (TPSA) is 122 Å². The van der Waals surface area contributed by atoms with Crippen molar-refractivity contribution >= 4 is 23.3 Å². The summed E-state index contributed by atoms with van der Waals surface area (Å²) in [5.74, 6) is -1.67. The fraction of sp³-hybridized carbons (Fsp3) is 0.500. The van der Waals surface area contributed by atoms with Gasteiger partial charge in [0.1, 0.15) is 11.7 Å². The van der Waals surface area contributed by atoms with Gasteiger partial charge in [0.2, 0.25) is 5.91 Å². The summed E-state index contributed by atoms with van der Waals surface area (Å²) >= 11 is 0. The Bertz CT molecular complexity index is 613. The molecule has 1 aromatic rings. The number of carbonyl (C=O) groups excluding carboxylic acids is 1. The summed E-state index contributed by atoms with van der Waals surface area (Å²) in [6.07, 6.45) is 4.76. The number of carboxylic acids is 1. The molecule has 1 atom stereocenters. The minimum absolute atomic E-state index is 0.0642. The van der Waals surface area contributed by atoms with Crippen molar-refractivity contribution in [1.29, 1.82) is 0 Å². The maximum absolute atomic E-state index is 12.1. The Labute approximate surface area is 139 Å². The molecule has 0 saturated heterocycles. The molecular formula is C16H21N3O5. The minimum atomic E-state index is -1.10. The number of carboxylic acid groups (broad SMARTS) is 1. The summed E-state index contributed by atoms with van der Waals surface area (Å²) in [6, 6.07) is 4.86. The zero-order chi connectivity index (χ0) is 17.5. The van der Waals surface area contributed by atoms with Crippen molar-refractivity contribution in [3.8, 4) is 0 Å². The van der Waals surface area contributed by atoms with Crippen LogP contribution in [0.4, 0.5) is 11.4 Å². The van der Waals surface area contributed by atoms with Crippen LogP contribution in [0, 0.1) is 10.1 Å². The average Bonchev–Trinajstić information content (AvgIpc) is 2.55. The van der Waals surface area contributed by atoms with Crippen LogP contribution in [-0.2, 0) is 9.59 Å². The number of nitro groups is 1. The van der Waals surface area contributed by atoms with E-state index < -0.39 is 22.8 Å². The van der Waals surface area contributed by atoms with Crippen LogP contribution in [0.25, 0.3) is 0 Å². The fourth-order valence-electron chi connectivity index (χ4n) is 2.90. The molecule has 1 aromatic carbocycles. The largest absolute Gasteiger partial charge is 0.480 e. The lowest BCUT2D eigenvalue weighted by molar-refractivity contribution is -0.383. The lowest BCUT2D eigenvalue weighted by Crippen LogP contribution is -2.46. The zero-order valence-corrected chi connectivity index (χ0v) is 13.2. The number of aliphatic carboxylic acids is 1. The molecule has 1 saturated carbocycles. The van der Waals surface area contributed by atoms with E-state index in [9.17, 15) is 24.8 Å². The summed E-state index contributed by atoms with van der Waals surface area (Å²) < 4.78 is 0. The second kappa shape index (κ2) is 8.39. The van der Waals surface area contributed by atoms with Crippen LogP contribution < -0.4 is 10.6 Å². The van der Waals surface area contributed by atoms with Crippen molar-refractivity contribution in [1.82, 2.24) is 5.32 Å². The SMILES string of the molecule is O=C(CC(NC1CCCCC1)C(=O)O)Nc1ccccc1[N+](=O)[O-]. The average molecular weight is 335 g/mol. The lowest BCUT2D eigenvalue weighted by Gasteiger charge is -2.26. The van der Waals surface area contributed by atoms with Gasteiger partial charge in [-0.15, -0.1) is 0 Å². The van der Waals surface area contributed by atoms with E-state index in [0.717, 1.165) is 32.1 Å². The molecule has 8 heteroatoms. The molecule has 8 nitrogen and oxygen atoms in total. The highest BCUT2D eigenvalue weighted by Crippen LogP contribution is 2.23. The van der Waals surface area contributed by atoms with E-state index in [0.29, 0.717) is 0 Å². The number of anilines is 1. The van der Waals surface area contributed by atoms with Crippen LogP contribution in [0.3, 0.4) is 0 Å². The third-order valence-electron chi connectivity index (χ3n) is 4.10. The molecule has 0 aromatic heterocycles. The molecule has 0 aliphatic heterocycles. The standard InChI is InChI=1S/C16H21N3O5/c20-15(18-12-8-4-5-9-14(12)19(23)24)10-13(16(21)22)17-11-6-2-1-3-7-11/h4-5,8-9,11,13,17H,1-3,6-7,10H2,(H,18,20)(H,21,22). The van der Waals surface area contributed by atoms with Gasteiger partial charge in [-0.3, -0.25) is 19.7 Å². The molecule has 1 aliphatic rings. The lowest BCUT2D eigenvalue weighted by atomic mass is 9.94. The molecule has 2 rings (SSSR count). The second-order valence-electron chi connectivity index (χ2n) is 5.92. The first-order valence-electron chi connectivity index (χ1n) is 7.99. The van der Waals surface area contributed by atoms with Gasteiger partial charge in [0.05, 0.1) is 11.3 Å². The van der Waals surface area contributed by atoms with Crippen LogP contribution in [0.1, 0.15) is 38.5 Å². The highest BCUT2D eigenvalue weighted by Gasteiger charge is 2.26. The maximum Gasteiger partial charge on any atom is 0.321 e. The number of para-hydroxylation sites is 2. The number of hydrogen-bond donors (Lipinski definition) is 3. The van der Waals surface area contributed by atoms with Gasteiger partial charge >= 0.3 is 5.97 Å². The molecule has 0 heterocycles. The first-order valence-corrected chi connectivity index (χ1v) is 7.99. The summed E-state index contributed by atoms with van der Waals surface area (Å²) in [5, 5.41) is 25.7. The van der Waals surface area contributed by atoms with Gasteiger partial charge in [-0.2, -0.15) is 0 Å². The molecule has 1 fully saturated rings. The number of rotatable bonds is 7. The molecule has 1 amide bonds. The van der Waals surface area contributed by atoms with E-state index in [2.05, 4.69) is 10.6 Å². The molecule has 24 heavy (non-hydrogen) atoms. The van der Waals surface area contributed by atoms with E-state index in [1.165, 1.54) is 18.2 Å².